The highest BCUT2D eigenvalue weighted by molar-refractivity contribution is 7.94. The minimum atomic E-state index is -4.08. The largest absolute Gasteiger partial charge is 0.462 e. The van der Waals surface area contributed by atoms with E-state index in [1.165, 1.54) is 36.4 Å². The third kappa shape index (κ3) is 4.25. The first-order valence-corrected chi connectivity index (χ1v) is 11.7. The van der Waals surface area contributed by atoms with Gasteiger partial charge in [-0.05, 0) is 43.3 Å². The van der Waals surface area contributed by atoms with Gasteiger partial charge in [0, 0.05) is 6.42 Å². The number of hydrogen-bond acceptors (Lipinski definition) is 7. The highest BCUT2D eigenvalue weighted by Crippen LogP contribution is 2.27. The second-order valence-electron chi connectivity index (χ2n) is 6.09. The first-order valence-electron chi connectivity index (χ1n) is 8.60. The van der Waals surface area contributed by atoms with Gasteiger partial charge in [0.05, 0.1) is 34.2 Å². The number of esters is 1. The molecule has 0 bridgehead atoms. The third-order valence-electron chi connectivity index (χ3n) is 4.13. The standard InChI is InChI=1S/C18H18N2O7S2/c1-2-27-18(22)15-5-3-4-6-16(15)19-29(25,26)14-9-7-13(8-10-14)20-17(21)11-12-28(20,23)24/h3-10,19H,2,11-12H2,1H3. The van der Waals surface area contributed by atoms with Crippen molar-refractivity contribution in [1.82, 2.24) is 0 Å². The molecule has 9 nitrogen and oxygen atoms in total. The second kappa shape index (κ2) is 7.84. The quantitative estimate of drug-likeness (QED) is 0.681. The van der Waals surface area contributed by atoms with Gasteiger partial charge in [-0.15, -0.1) is 0 Å². The van der Waals surface area contributed by atoms with E-state index in [9.17, 15) is 26.4 Å². The summed E-state index contributed by atoms with van der Waals surface area (Å²) < 4.78 is 57.3. The van der Waals surface area contributed by atoms with E-state index >= 15 is 0 Å². The summed E-state index contributed by atoms with van der Waals surface area (Å²) in [6.45, 7) is 1.77. The van der Waals surface area contributed by atoms with E-state index in [1.807, 2.05) is 0 Å². The highest BCUT2D eigenvalue weighted by atomic mass is 32.2. The van der Waals surface area contributed by atoms with Crippen LogP contribution >= 0.6 is 0 Å². The van der Waals surface area contributed by atoms with Gasteiger partial charge in [-0.2, -0.15) is 0 Å². The Kier molecular flexibility index (Phi) is 5.62. The number of carbonyl (C=O) groups excluding carboxylic acids is 2. The molecule has 1 heterocycles. The van der Waals surface area contributed by atoms with Crippen molar-refractivity contribution in [3.05, 3.63) is 54.1 Å². The first kappa shape index (κ1) is 20.8. The van der Waals surface area contributed by atoms with Gasteiger partial charge in [0.25, 0.3) is 10.0 Å². The summed E-state index contributed by atoms with van der Waals surface area (Å²) in [5, 5.41) is 0. The molecule has 29 heavy (non-hydrogen) atoms. The van der Waals surface area contributed by atoms with Crippen molar-refractivity contribution in [2.24, 2.45) is 0 Å². The number of ether oxygens (including phenoxy) is 1. The summed E-state index contributed by atoms with van der Waals surface area (Å²) in [4.78, 5) is 23.7. The van der Waals surface area contributed by atoms with Gasteiger partial charge >= 0.3 is 5.97 Å². The number of amides is 1. The third-order valence-corrected chi connectivity index (χ3v) is 7.20. The predicted octanol–water partition coefficient (Wildman–Crippen LogP) is 1.73. The molecule has 1 amide bonds. The van der Waals surface area contributed by atoms with Crippen molar-refractivity contribution in [3.8, 4) is 0 Å². The zero-order chi connectivity index (χ0) is 21.2. The lowest BCUT2D eigenvalue weighted by Gasteiger charge is -2.16. The molecule has 1 saturated heterocycles. The van der Waals surface area contributed by atoms with Crippen LogP contribution in [-0.4, -0.2) is 41.1 Å². The Morgan fingerprint density at radius 1 is 1.14 bits per heavy atom. The van der Waals surface area contributed by atoms with E-state index in [0.717, 1.165) is 0 Å². The average Bonchev–Trinajstić information content (AvgIpc) is 2.94. The Balaban J connectivity index is 1.88. The molecule has 0 radical (unpaired) electrons. The van der Waals surface area contributed by atoms with E-state index < -0.39 is 31.9 Å². The lowest BCUT2D eigenvalue weighted by molar-refractivity contribution is -0.116. The van der Waals surface area contributed by atoms with Gasteiger partial charge in [-0.25, -0.2) is 25.9 Å². The second-order valence-corrected chi connectivity index (χ2v) is 9.71. The molecule has 0 atom stereocenters. The molecule has 0 saturated carbocycles. The van der Waals surface area contributed by atoms with Crippen LogP contribution in [0.1, 0.15) is 23.7 Å². The van der Waals surface area contributed by atoms with Gasteiger partial charge in [0.2, 0.25) is 15.9 Å². The number of anilines is 2. The number of hydrogen-bond donors (Lipinski definition) is 1. The number of rotatable bonds is 6. The normalized spacial score (nSPS) is 15.9. The predicted molar refractivity (Wildman–Crippen MR) is 106 cm³/mol. The Bertz CT molecular complexity index is 1160. The molecule has 2 aromatic rings. The molecule has 0 spiro atoms. The van der Waals surface area contributed by atoms with Crippen LogP contribution in [0.25, 0.3) is 0 Å². The fourth-order valence-corrected chi connectivity index (χ4v) is 5.33. The molecular formula is C18H18N2O7S2. The summed E-state index contributed by atoms with van der Waals surface area (Å²) in [5.74, 6) is -1.51. The van der Waals surface area contributed by atoms with E-state index in [-0.39, 0.29) is 40.6 Å². The molecule has 3 rings (SSSR count). The number of benzene rings is 2. The van der Waals surface area contributed by atoms with Crippen LogP contribution in [0.2, 0.25) is 0 Å². The summed E-state index contributed by atoms with van der Waals surface area (Å²) in [6, 6.07) is 10.9. The zero-order valence-electron chi connectivity index (χ0n) is 15.4. The Morgan fingerprint density at radius 2 is 1.79 bits per heavy atom. The molecule has 1 aliphatic heterocycles. The molecule has 11 heteroatoms. The van der Waals surface area contributed by atoms with Crippen LogP contribution in [0.3, 0.4) is 0 Å². The highest BCUT2D eigenvalue weighted by Gasteiger charge is 2.36. The first-order chi connectivity index (χ1) is 13.7. The van der Waals surface area contributed by atoms with Crippen LogP contribution in [0.5, 0.6) is 0 Å². The molecule has 0 unspecified atom stereocenters. The summed E-state index contributed by atoms with van der Waals surface area (Å²) in [5.41, 5.74) is 0.175. The van der Waals surface area contributed by atoms with Crippen LogP contribution in [-0.2, 0) is 29.6 Å². The van der Waals surface area contributed by atoms with Crippen molar-refractivity contribution >= 4 is 43.3 Å². The van der Waals surface area contributed by atoms with Gasteiger partial charge < -0.3 is 4.74 Å². The Labute approximate surface area is 168 Å². The minimum Gasteiger partial charge on any atom is -0.462 e. The van der Waals surface area contributed by atoms with Crippen LogP contribution in [0, 0.1) is 0 Å². The summed E-state index contributed by atoms with van der Waals surface area (Å²) in [7, 11) is -7.82. The number of sulfonamides is 2. The molecule has 154 valence electrons. The van der Waals surface area contributed by atoms with E-state index in [4.69, 9.17) is 4.74 Å². The molecule has 1 aliphatic rings. The zero-order valence-corrected chi connectivity index (χ0v) is 17.0. The topological polar surface area (TPSA) is 127 Å². The minimum absolute atomic E-state index is 0.0484. The van der Waals surface area contributed by atoms with E-state index in [2.05, 4.69) is 4.72 Å². The smallest absolute Gasteiger partial charge is 0.340 e. The molecule has 1 fully saturated rings. The fourth-order valence-electron chi connectivity index (χ4n) is 2.79. The molecular weight excluding hydrogens is 420 g/mol. The molecule has 0 aliphatic carbocycles. The van der Waals surface area contributed by atoms with Crippen LogP contribution in [0.15, 0.2) is 53.4 Å². The Morgan fingerprint density at radius 3 is 2.38 bits per heavy atom. The number of nitrogens with one attached hydrogen (secondary N) is 1. The maximum absolute atomic E-state index is 12.7. The van der Waals surface area contributed by atoms with Gasteiger partial charge in [0.15, 0.2) is 0 Å². The van der Waals surface area contributed by atoms with Gasteiger partial charge in [0.1, 0.15) is 0 Å². The SMILES string of the molecule is CCOC(=O)c1ccccc1NS(=O)(=O)c1ccc(N2C(=O)CCS2(=O)=O)cc1. The Hall–Kier alpha value is -2.92. The van der Waals surface area contributed by atoms with Crippen molar-refractivity contribution < 1.29 is 31.2 Å². The number of nitrogens with zero attached hydrogens (tertiary/aromatic N) is 1. The lowest BCUT2D eigenvalue weighted by atomic mass is 10.2. The molecule has 1 N–H and O–H groups in total. The summed E-state index contributed by atoms with van der Waals surface area (Å²) >= 11 is 0. The summed E-state index contributed by atoms with van der Waals surface area (Å²) in [6.07, 6.45) is -0.116. The van der Waals surface area contributed by atoms with Crippen molar-refractivity contribution in [3.63, 3.8) is 0 Å². The lowest BCUT2D eigenvalue weighted by Crippen LogP contribution is -2.29. The van der Waals surface area contributed by atoms with E-state index in [1.54, 1.807) is 19.1 Å². The molecule has 2 aromatic carbocycles. The van der Waals surface area contributed by atoms with Gasteiger partial charge in [-0.3, -0.25) is 9.52 Å². The van der Waals surface area contributed by atoms with Crippen molar-refractivity contribution in [2.45, 2.75) is 18.2 Å². The fraction of sp³-hybridized carbons (Fsp3) is 0.222. The maximum atomic E-state index is 12.7. The van der Waals surface area contributed by atoms with Crippen molar-refractivity contribution in [2.75, 3.05) is 21.4 Å². The average molecular weight is 438 g/mol. The monoisotopic (exact) mass is 438 g/mol. The molecule has 0 aromatic heterocycles. The van der Waals surface area contributed by atoms with E-state index in [0.29, 0.717) is 4.31 Å². The maximum Gasteiger partial charge on any atom is 0.340 e. The number of para-hydroxylation sites is 1. The number of carbonyl (C=O) groups is 2. The van der Waals surface area contributed by atoms with Crippen LogP contribution < -0.4 is 9.03 Å². The van der Waals surface area contributed by atoms with Crippen LogP contribution in [0.4, 0.5) is 11.4 Å². The van der Waals surface area contributed by atoms with Gasteiger partial charge in [-0.1, -0.05) is 12.1 Å². The van der Waals surface area contributed by atoms with Crippen molar-refractivity contribution in [1.29, 1.82) is 0 Å².